The Morgan fingerprint density at radius 2 is 1.64 bits per heavy atom. The van der Waals surface area contributed by atoms with Crippen LogP contribution in [0.25, 0.3) is 0 Å². The van der Waals surface area contributed by atoms with Crippen LogP contribution < -0.4 is 16.0 Å². The van der Waals surface area contributed by atoms with E-state index in [1.54, 1.807) is 19.1 Å². The molecule has 0 saturated heterocycles. The molecule has 33 heavy (non-hydrogen) atoms. The molecule has 2 aromatic rings. The number of urea groups is 1. The van der Waals surface area contributed by atoms with Gasteiger partial charge in [0.25, 0.3) is 0 Å². The first kappa shape index (κ1) is 24.3. The molecule has 3 rings (SSSR count). The fourth-order valence-corrected chi connectivity index (χ4v) is 4.14. The SMILES string of the molecule is CCOC(=O)C1=C(C)N(CC)C(=S)N[C@H]1c1ccc(NC(=O)Nc2ccc(C)c(C)c2)cc1. The summed E-state index contributed by atoms with van der Waals surface area (Å²) in [5.41, 5.74) is 5.79. The zero-order chi connectivity index (χ0) is 24.1. The van der Waals surface area contributed by atoms with Crippen LogP contribution >= 0.6 is 12.2 Å². The number of nitrogens with one attached hydrogen (secondary N) is 3. The molecule has 1 aliphatic heterocycles. The van der Waals surface area contributed by atoms with Crippen LogP contribution in [0.4, 0.5) is 16.2 Å². The average Bonchev–Trinajstić information content (AvgIpc) is 2.77. The van der Waals surface area contributed by atoms with Crippen molar-refractivity contribution in [2.45, 2.75) is 40.7 Å². The number of carbonyl (C=O) groups is 2. The molecular formula is C25H30N4O3S. The van der Waals surface area contributed by atoms with Crippen molar-refractivity contribution in [3.63, 3.8) is 0 Å². The van der Waals surface area contributed by atoms with E-state index in [4.69, 9.17) is 17.0 Å². The molecule has 0 aliphatic carbocycles. The molecule has 1 heterocycles. The van der Waals surface area contributed by atoms with E-state index in [-0.39, 0.29) is 18.6 Å². The number of hydrogen-bond acceptors (Lipinski definition) is 4. The van der Waals surface area contributed by atoms with Crippen molar-refractivity contribution in [2.75, 3.05) is 23.8 Å². The van der Waals surface area contributed by atoms with Crippen LogP contribution in [0.15, 0.2) is 53.7 Å². The van der Waals surface area contributed by atoms with Crippen LogP contribution in [0.5, 0.6) is 0 Å². The third kappa shape index (κ3) is 5.51. The second-order valence-electron chi connectivity index (χ2n) is 7.85. The second-order valence-corrected chi connectivity index (χ2v) is 8.23. The van der Waals surface area contributed by atoms with Crippen LogP contribution in [0.3, 0.4) is 0 Å². The highest BCUT2D eigenvalue weighted by molar-refractivity contribution is 7.80. The van der Waals surface area contributed by atoms with E-state index >= 15 is 0 Å². The van der Waals surface area contributed by atoms with Crippen LogP contribution in [0.2, 0.25) is 0 Å². The quantitative estimate of drug-likeness (QED) is 0.409. The molecule has 2 amide bonds. The van der Waals surface area contributed by atoms with E-state index in [0.717, 1.165) is 22.5 Å². The fraction of sp³-hybridized carbons (Fsp3) is 0.320. The van der Waals surface area contributed by atoms with Gasteiger partial charge in [-0.1, -0.05) is 18.2 Å². The maximum atomic E-state index is 12.7. The van der Waals surface area contributed by atoms with Crippen LogP contribution in [-0.2, 0) is 9.53 Å². The molecule has 1 atom stereocenters. The maximum absolute atomic E-state index is 12.7. The first-order chi connectivity index (χ1) is 15.7. The van der Waals surface area contributed by atoms with E-state index in [1.165, 1.54) is 5.56 Å². The van der Waals surface area contributed by atoms with Gasteiger partial charge in [-0.05, 0) is 87.8 Å². The summed E-state index contributed by atoms with van der Waals surface area (Å²) in [7, 11) is 0. The number of thiocarbonyl (C=S) groups is 1. The molecule has 0 fully saturated rings. The average molecular weight is 467 g/mol. The number of anilines is 2. The van der Waals surface area contributed by atoms with Crippen molar-refractivity contribution >= 4 is 40.7 Å². The minimum Gasteiger partial charge on any atom is -0.463 e. The Labute approximate surface area is 200 Å². The summed E-state index contributed by atoms with van der Waals surface area (Å²) in [6, 6.07) is 12.3. The number of aryl methyl sites for hydroxylation is 2. The summed E-state index contributed by atoms with van der Waals surface area (Å²) in [6.45, 7) is 10.6. The first-order valence-corrected chi connectivity index (χ1v) is 11.4. The summed E-state index contributed by atoms with van der Waals surface area (Å²) in [4.78, 5) is 27.0. The molecular weight excluding hydrogens is 436 g/mol. The highest BCUT2D eigenvalue weighted by Crippen LogP contribution is 2.32. The molecule has 1 aliphatic rings. The van der Waals surface area contributed by atoms with Crippen LogP contribution in [-0.4, -0.2) is 35.2 Å². The fourth-order valence-electron chi connectivity index (χ4n) is 3.76. The number of amides is 2. The van der Waals surface area contributed by atoms with Gasteiger partial charge < -0.3 is 25.6 Å². The first-order valence-electron chi connectivity index (χ1n) is 11.0. The lowest BCUT2D eigenvalue weighted by Crippen LogP contribution is -2.47. The molecule has 7 nitrogen and oxygen atoms in total. The lowest BCUT2D eigenvalue weighted by atomic mass is 9.95. The summed E-state index contributed by atoms with van der Waals surface area (Å²) < 4.78 is 5.31. The number of allylic oxidation sites excluding steroid dienone is 1. The van der Waals surface area contributed by atoms with E-state index in [9.17, 15) is 9.59 Å². The zero-order valence-corrected chi connectivity index (χ0v) is 20.4. The van der Waals surface area contributed by atoms with Gasteiger partial charge in [0.1, 0.15) is 0 Å². The third-order valence-electron chi connectivity index (χ3n) is 5.67. The van der Waals surface area contributed by atoms with E-state index in [0.29, 0.717) is 22.9 Å². The van der Waals surface area contributed by atoms with Crippen molar-refractivity contribution in [3.05, 3.63) is 70.4 Å². The van der Waals surface area contributed by atoms with Gasteiger partial charge >= 0.3 is 12.0 Å². The summed E-state index contributed by atoms with van der Waals surface area (Å²) in [5, 5.41) is 9.49. The molecule has 0 saturated carbocycles. The Balaban J connectivity index is 1.78. The van der Waals surface area contributed by atoms with E-state index in [1.807, 2.05) is 62.9 Å². The minimum absolute atomic E-state index is 0.289. The van der Waals surface area contributed by atoms with Crippen molar-refractivity contribution in [1.29, 1.82) is 0 Å². The normalized spacial score (nSPS) is 15.7. The Hall–Kier alpha value is -3.39. The third-order valence-corrected chi connectivity index (χ3v) is 6.01. The second kappa shape index (κ2) is 10.5. The van der Waals surface area contributed by atoms with Gasteiger partial charge in [0.05, 0.1) is 18.2 Å². The highest BCUT2D eigenvalue weighted by atomic mass is 32.1. The number of nitrogens with zero attached hydrogens (tertiary/aromatic N) is 1. The number of esters is 1. The molecule has 3 N–H and O–H groups in total. The van der Waals surface area contributed by atoms with Gasteiger partial charge in [0, 0.05) is 23.6 Å². The van der Waals surface area contributed by atoms with Crippen molar-refractivity contribution < 1.29 is 14.3 Å². The Kier molecular flexibility index (Phi) is 7.71. The topological polar surface area (TPSA) is 82.7 Å². The molecule has 0 spiro atoms. The van der Waals surface area contributed by atoms with Gasteiger partial charge in [-0.15, -0.1) is 0 Å². The molecule has 0 aromatic heterocycles. The number of carbonyl (C=O) groups excluding carboxylic acids is 2. The Morgan fingerprint density at radius 1 is 1.00 bits per heavy atom. The highest BCUT2D eigenvalue weighted by Gasteiger charge is 2.34. The Morgan fingerprint density at radius 3 is 2.24 bits per heavy atom. The predicted octanol–water partition coefficient (Wildman–Crippen LogP) is 5.04. The van der Waals surface area contributed by atoms with Gasteiger partial charge in [-0.2, -0.15) is 0 Å². The minimum atomic E-state index is -0.433. The maximum Gasteiger partial charge on any atom is 0.338 e. The lowest BCUT2D eigenvalue weighted by Gasteiger charge is -2.37. The standard InChI is InChI=1S/C25H30N4O3S/c1-6-29-17(5)21(23(30)32-7-2)22(28-25(29)33)18-9-12-19(13-10-18)26-24(31)27-20-11-8-15(3)16(4)14-20/h8-14,22H,6-7H2,1-5H3,(H,28,33)(H2,26,27,31)/t22-/m0/s1. The monoisotopic (exact) mass is 466 g/mol. The van der Waals surface area contributed by atoms with Crippen molar-refractivity contribution in [3.8, 4) is 0 Å². The predicted molar refractivity (Wildman–Crippen MR) is 135 cm³/mol. The van der Waals surface area contributed by atoms with E-state index < -0.39 is 6.04 Å². The molecule has 8 heteroatoms. The molecule has 2 aromatic carbocycles. The van der Waals surface area contributed by atoms with Gasteiger partial charge in [0.2, 0.25) is 0 Å². The van der Waals surface area contributed by atoms with Crippen LogP contribution in [0, 0.1) is 13.8 Å². The van der Waals surface area contributed by atoms with Crippen molar-refractivity contribution in [2.24, 2.45) is 0 Å². The van der Waals surface area contributed by atoms with Gasteiger partial charge in [0.15, 0.2) is 5.11 Å². The molecule has 0 bridgehead atoms. The number of hydrogen-bond donors (Lipinski definition) is 3. The van der Waals surface area contributed by atoms with Crippen LogP contribution in [0.1, 0.15) is 43.5 Å². The van der Waals surface area contributed by atoms with E-state index in [2.05, 4.69) is 16.0 Å². The van der Waals surface area contributed by atoms with Gasteiger partial charge in [-0.3, -0.25) is 0 Å². The smallest absolute Gasteiger partial charge is 0.338 e. The number of rotatable bonds is 6. The van der Waals surface area contributed by atoms with Crippen molar-refractivity contribution in [1.82, 2.24) is 10.2 Å². The molecule has 0 radical (unpaired) electrons. The zero-order valence-electron chi connectivity index (χ0n) is 19.6. The Bertz CT molecular complexity index is 1100. The summed E-state index contributed by atoms with van der Waals surface area (Å²) >= 11 is 5.51. The lowest BCUT2D eigenvalue weighted by molar-refractivity contribution is -0.139. The number of ether oxygens (including phenoxy) is 1. The summed E-state index contributed by atoms with van der Waals surface area (Å²) in [6.07, 6.45) is 0. The number of benzene rings is 2. The van der Waals surface area contributed by atoms with Gasteiger partial charge in [-0.25, -0.2) is 9.59 Å². The summed E-state index contributed by atoms with van der Waals surface area (Å²) in [5.74, 6) is -0.372. The molecule has 0 unspecified atom stereocenters. The molecule has 174 valence electrons. The largest absolute Gasteiger partial charge is 0.463 e.